The van der Waals surface area contributed by atoms with Gasteiger partial charge in [-0.3, -0.25) is 9.78 Å². The van der Waals surface area contributed by atoms with Crippen LogP contribution in [0.1, 0.15) is 19.4 Å². The van der Waals surface area contributed by atoms with Gasteiger partial charge in [-0.1, -0.05) is 30.3 Å². The Balaban J connectivity index is 1.83. The summed E-state index contributed by atoms with van der Waals surface area (Å²) in [6.07, 6.45) is 0. The van der Waals surface area contributed by atoms with Crippen molar-refractivity contribution in [2.75, 3.05) is 23.3 Å². The summed E-state index contributed by atoms with van der Waals surface area (Å²) >= 11 is 0. The lowest BCUT2D eigenvalue weighted by atomic mass is 10.1. The highest BCUT2D eigenvalue weighted by molar-refractivity contribution is 5.64. The van der Waals surface area contributed by atoms with Gasteiger partial charge in [-0.2, -0.15) is 0 Å². The first-order chi connectivity index (χ1) is 12.6. The van der Waals surface area contributed by atoms with Crippen LogP contribution in [0, 0.1) is 6.92 Å². The van der Waals surface area contributed by atoms with Gasteiger partial charge in [0, 0.05) is 30.0 Å². The van der Waals surface area contributed by atoms with Crippen molar-refractivity contribution in [3.8, 4) is 11.3 Å². The van der Waals surface area contributed by atoms with E-state index in [2.05, 4.69) is 51.4 Å². The number of aryl methyl sites for hydroxylation is 1. The average Bonchev–Trinajstić information content (AvgIpc) is 2.66. The highest BCUT2D eigenvalue weighted by Crippen LogP contribution is 2.24. The van der Waals surface area contributed by atoms with Crippen LogP contribution in [0.3, 0.4) is 0 Å². The lowest BCUT2D eigenvalue weighted by molar-refractivity contribution is 0.865. The van der Waals surface area contributed by atoms with Crippen LogP contribution < -0.4 is 15.8 Å². The summed E-state index contributed by atoms with van der Waals surface area (Å²) in [5.41, 5.74) is 3.92. The van der Waals surface area contributed by atoms with Gasteiger partial charge in [0.15, 0.2) is 5.69 Å². The summed E-state index contributed by atoms with van der Waals surface area (Å²) in [4.78, 5) is 17.4. The minimum atomic E-state index is -0.272. The quantitative estimate of drug-likeness (QED) is 0.709. The van der Waals surface area contributed by atoms with Gasteiger partial charge in [0.1, 0.15) is 0 Å². The van der Waals surface area contributed by atoms with Crippen LogP contribution in [0.4, 0.5) is 17.3 Å². The van der Waals surface area contributed by atoms with Gasteiger partial charge in [0.25, 0.3) is 5.56 Å². The Hall–Kier alpha value is -3.15. The number of hydrogen-bond donors (Lipinski definition) is 2. The van der Waals surface area contributed by atoms with E-state index >= 15 is 0 Å². The fraction of sp³-hybridized carbons (Fsp3) is 0.250. The Bertz CT molecular complexity index is 932. The molecule has 0 aliphatic rings. The Morgan fingerprint density at radius 2 is 1.77 bits per heavy atom. The highest BCUT2D eigenvalue weighted by atomic mass is 16.1. The van der Waals surface area contributed by atoms with E-state index in [1.807, 2.05) is 43.3 Å². The predicted octanol–water partition coefficient (Wildman–Crippen LogP) is 3.73. The Morgan fingerprint density at radius 1 is 1.04 bits per heavy atom. The lowest BCUT2D eigenvalue weighted by Crippen LogP contribution is -2.21. The molecule has 0 bridgehead atoms. The number of benzene rings is 2. The Labute approximate surface area is 152 Å². The SMILES string of the molecule is CCN(CC)c1ccc(Nc2nnc(-c3ccccc3)c(=O)[nH]2)c(C)c1. The van der Waals surface area contributed by atoms with Crippen molar-refractivity contribution in [3.05, 3.63) is 64.4 Å². The molecular formula is C20H23N5O. The number of nitrogens with zero attached hydrogens (tertiary/aromatic N) is 3. The molecule has 0 saturated heterocycles. The van der Waals surface area contributed by atoms with E-state index in [4.69, 9.17) is 0 Å². The van der Waals surface area contributed by atoms with Gasteiger partial charge in [-0.15, -0.1) is 10.2 Å². The smallest absolute Gasteiger partial charge is 0.279 e. The molecule has 3 aromatic rings. The molecule has 0 spiro atoms. The van der Waals surface area contributed by atoms with Gasteiger partial charge >= 0.3 is 0 Å². The number of anilines is 3. The van der Waals surface area contributed by atoms with E-state index in [-0.39, 0.29) is 5.56 Å². The molecule has 0 saturated carbocycles. The molecule has 0 atom stereocenters. The maximum absolute atomic E-state index is 12.3. The summed E-state index contributed by atoms with van der Waals surface area (Å²) in [6, 6.07) is 15.5. The topological polar surface area (TPSA) is 73.9 Å². The van der Waals surface area contributed by atoms with E-state index in [0.717, 1.165) is 29.9 Å². The summed E-state index contributed by atoms with van der Waals surface area (Å²) in [6.45, 7) is 8.23. The first-order valence-electron chi connectivity index (χ1n) is 8.77. The maximum Gasteiger partial charge on any atom is 0.279 e. The zero-order valence-corrected chi connectivity index (χ0v) is 15.3. The molecule has 134 valence electrons. The van der Waals surface area contributed by atoms with E-state index in [9.17, 15) is 4.79 Å². The molecule has 26 heavy (non-hydrogen) atoms. The predicted molar refractivity (Wildman–Crippen MR) is 106 cm³/mol. The van der Waals surface area contributed by atoms with Gasteiger partial charge < -0.3 is 10.2 Å². The standard InChI is InChI=1S/C20H23N5O/c1-4-25(5-2)16-11-12-17(14(3)13-16)21-20-22-19(26)18(23-24-20)15-9-7-6-8-10-15/h6-13H,4-5H2,1-3H3,(H2,21,22,24,26). The van der Waals surface area contributed by atoms with E-state index in [1.165, 1.54) is 5.69 Å². The Morgan fingerprint density at radius 3 is 2.38 bits per heavy atom. The van der Waals surface area contributed by atoms with Crippen molar-refractivity contribution in [3.63, 3.8) is 0 Å². The second-order valence-corrected chi connectivity index (χ2v) is 6.01. The molecule has 0 amide bonds. The van der Waals surface area contributed by atoms with Gasteiger partial charge in [-0.05, 0) is 44.5 Å². The van der Waals surface area contributed by atoms with Gasteiger partial charge in [0.05, 0.1) is 0 Å². The Kier molecular flexibility index (Phi) is 5.31. The van der Waals surface area contributed by atoms with Crippen molar-refractivity contribution >= 4 is 17.3 Å². The molecule has 6 nitrogen and oxygen atoms in total. The van der Waals surface area contributed by atoms with Gasteiger partial charge in [0.2, 0.25) is 5.95 Å². The third-order valence-corrected chi connectivity index (χ3v) is 4.34. The number of aromatic nitrogens is 3. The molecule has 0 fully saturated rings. The fourth-order valence-corrected chi connectivity index (χ4v) is 2.88. The minimum Gasteiger partial charge on any atom is -0.372 e. The van der Waals surface area contributed by atoms with Crippen molar-refractivity contribution in [2.24, 2.45) is 0 Å². The van der Waals surface area contributed by atoms with Crippen LogP contribution in [-0.4, -0.2) is 28.3 Å². The molecule has 2 aromatic carbocycles. The van der Waals surface area contributed by atoms with Crippen LogP contribution in [0.2, 0.25) is 0 Å². The third-order valence-electron chi connectivity index (χ3n) is 4.34. The third kappa shape index (κ3) is 3.74. The molecule has 0 radical (unpaired) electrons. The van der Waals surface area contributed by atoms with Crippen molar-refractivity contribution < 1.29 is 0 Å². The normalized spacial score (nSPS) is 10.6. The number of nitrogens with one attached hydrogen (secondary N) is 2. The highest BCUT2D eigenvalue weighted by Gasteiger charge is 2.09. The van der Waals surface area contributed by atoms with E-state index in [1.54, 1.807) is 0 Å². The lowest BCUT2D eigenvalue weighted by Gasteiger charge is -2.22. The van der Waals surface area contributed by atoms with Crippen LogP contribution in [-0.2, 0) is 0 Å². The molecule has 2 N–H and O–H groups in total. The molecule has 1 heterocycles. The van der Waals surface area contributed by atoms with Gasteiger partial charge in [-0.25, -0.2) is 0 Å². The first-order valence-corrected chi connectivity index (χ1v) is 8.77. The summed E-state index contributed by atoms with van der Waals surface area (Å²) < 4.78 is 0. The fourth-order valence-electron chi connectivity index (χ4n) is 2.88. The molecule has 1 aromatic heterocycles. The summed E-state index contributed by atoms with van der Waals surface area (Å²) in [5, 5.41) is 11.3. The van der Waals surface area contributed by atoms with E-state index in [0.29, 0.717) is 11.6 Å². The van der Waals surface area contributed by atoms with Crippen LogP contribution in [0.15, 0.2) is 53.3 Å². The second-order valence-electron chi connectivity index (χ2n) is 6.01. The zero-order chi connectivity index (χ0) is 18.5. The average molecular weight is 349 g/mol. The largest absolute Gasteiger partial charge is 0.372 e. The monoisotopic (exact) mass is 349 g/mol. The molecular weight excluding hydrogens is 326 g/mol. The molecule has 0 aliphatic heterocycles. The van der Waals surface area contributed by atoms with Crippen LogP contribution >= 0.6 is 0 Å². The number of hydrogen-bond acceptors (Lipinski definition) is 5. The minimum absolute atomic E-state index is 0.272. The van der Waals surface area contributed by atoms with Crippen molar-refractivity contribution in [1.29, 1.82) is 0 Å². The molecule has 6 heteroatoms. The van der Waals surface area contributed by atoms with E-state index < -0.39 is 0 Å². The van der Waals surface area contributed by atoms with Crippen molar-refractivity contribution in [2.45, 2.75) is 20.8 Å². The second kappa shape index (κ2) is 7.82. The zero-order valence-electron chi connectivity index (χ0n) is 15.3. The molecule has 0 unspecified atom stereocenters. The summed E-state index contributed by atoms with van der Waals surface area (Å²) in [5.74, 6) is 0.327. The van der Waals surface area contributed by atoms with Crippen LogP contribution in [0.25, 0.3) is 11.3 Å². The number of rotatable bonds is 6. The van der Waals surface area contributed by atoms with Crippen molar-refractivity contribution in [1.82, 2.24) is 15.2 Å². The van der Waals surface area contributed by atoms with Crippen LogP contribution in [0.5, 0.6) is 0 Å². The number of H-pyrrole nitrogens is 1. The maximum atomic E-state index is 12.3. The first kappa shape index (κ1) is 17.7. The summed E-state index contributed by atoms with van der Waals surface area (Å²) in [7, 11) is 0. The molecule has 0 aliphatic carbocycles. The number of aromatic amines is 1. The molecule has 3 rings (SSSR count).